The van der Waals surface area contributed by atoms with Crippen molar-refractivity contribution in [3.8, 4) is 0 Å². The van der Waals surface area contributed by atoms with Gasteiger partial charge in [-0.3, -0.25) is 0 Å². The van der Waals surface area contributed by atoms with Gasteiger partial charge in [-0.1, -0.05) is 42.5 Å². The molecule has 106 valence electrons. The monoisotopic (exact) mass is 278 g/mol. The highest BCUT2D eigenvalue weighted by Gasteiger charge is 2.36. The van der Waals surface area contributed by atoms with E-state index in [1.807, 2.05) is 6.07 Å². The van der Waals surface area contributed by atoms with Crippen LogP contribution in [0.4, 0.5) is 0 Å². The van der Waals surface area contributed by atoms with Crippen molar-refractivity contribution in [1.29, 1.82) is 0 Å². The van der Waals surface area contributed by atoms with Crippen LogP contribution in [-0.2, 0) is 18.4 Å². The molecule has 0 aliphatic heterocycles. The van der Waals surface area contributed by atoms with Crippen molar-refractivity contribution in [2.45, 2.75) is 31.3 Å². The fourth-order valence-electron chi connectivity index (χ4n) is 3.57. The van der Waals surface area contributed by atoms with Gasteiger partial charge in [-0.15, -0.1) is 0 Å². The minimum Gasteiger partial charge on any atom is -0.469 e. The molecule has 1 aromatic heterocycles. The summed E-state index contributed by atoms with van der Waals surface area (Å²) in [6.07, 6.45) is 5.04. The van der Waals surface area contributed by atoms with Crippen molar-refractivity contribution in [2.24, 2.45) is 0 Å². The van der Waals surface area contributed by atoms with E-state index in [4.69, 9.17) is 4.42 Å². The normalized spacial score (nSPS) is 21.4. The van der Waals surface area contributed by atoms with Gasteiger partial charge in [-0.05, 0) is 35.2 Å². The molecule has 1 unspecified atom stereocenters. The summed E-state index contributed by atoms with van der Waals surface area (Å²) >= 11 is 0. The molecule has 0 saturated carbocycles. The summed E-state index contributed by atoms with van der Waals surface area (Å²) < 4.78 is 5.52. The van der Waals surface area contributed by atoms with Gasteiger partial charge in [0.2, 0.25) is 0 Å². The quantitative estimate of drug-likeness (QED) is 0.762. The molecule has 0 amide bonds. The molecule has 0 spiro atoms. The van der Waals surface area contributed by atoms with Gasteiger partial charge in [0.1, 0.15) is 5.76 Å². The largest absolute Gasteiger partial charge is 0.469 e. The molecule has 1 heterocycles. The first-order valence-electron chi connectivity index (χ1n) is 7.52. The molecule has 0 saturated heterocycles. The maximum Gasteiger partial charge on any atom is 0.109 e. The van der Waals surface area contributed by atoms with E-state index in [1.54, 1.807) is 6.26 Å². The van der Waals surface area contributed by atoms with Gasteiger partial charge in [0.15, 0.2) is 0 Å². The van der Waals surface area contributed by atoms with Crippen LogP contribution in [0.1, 0.15) is 29.7 Å². The van der Waals surface area contributed by atoms with Crippen LogP contribution in [0.5, 0.6) is 0 Å². The van der Waals surface area contributed by atoms with Crippen LogP contribution in [0.3, 0.4) is 0 Å². The van der Waals surface area contributed by atoms with Crippen LogP contribution < -0.4 is 0 Å². The lowest BCUT2D eigenvalue weighted by Crippen LogP contribution is -2.32. The highest BCUT2D eigenvalue weighted by molar-refractivity contribution is 5.85. The summed E-state index contributed by atoms with van der Waals surface area (Å²) in [5, 5.41) is 13.6. The van der Waals surface area contributed by atoms with Crippen molar-refractivity contribution in [2.75, 3.05) is 0 Å². The third-order valence-corrected chi connectivity index (χ3v) is 4.60. The summed E-state index contributed by atoms with van der Waals surface area (Å²) in [4.78, 5) is 0. The Hall–Kier alpha value is -2.06. The minimum absolute atomic E-state index is 0.640. The predicted octanol–water partition coefficient (Wildman–Crippen LogP) is 4.20. The Kier molecular flexibility index (Phi) is 2.86. The molecule has 2 heteroatoms. The van der Waals surface area contributed by atoms with Crippen LogP contribution in [0.25, 0.3) is 10.8 Å². The molecule has 1 atom stereocenters. The Morgan fingerprint density at radius 2 is 1.90 bits per heavy atom. The van der Waals surface area contributed by atoms with Crippen LogP contribution in [0, 0.1) is 0 Å². The summed E-state index contributed by atoms with van der Waals surface area (Å²) in [5.74, 6) is 0.948. The SMILES string of the molecule is OC1(Cc2cccc3ccccc23)CCCc2occc21. The second kappa shape index (κ2) is 4.74. The highest BCUT2D eigenvalue weighted by Crippen LogP contribution is 2.39. The van der Waals surface area contributed by atoms with Gasteiger partial charge in [0.25, 0.3) is 0 Å². The average Bonchev–Trinajstić information content (AvgIpc) is 2.98. The third-order valence-electron chi connectivity index (χ3n) is 4.60. The van der Waals surface area contributed by atoms with E-state index in [-0.39, 0.29) is 0 Å². The van der Waals surface area contributed by atoms with E-state index in [0.29, 0.717) is 6.42 Å². The molecule has 21 heavy (non-hydrogen) atoms. The first-order chi connectivity index (χ1) is 10.3. The average molecular weight is 278 g/mol. The number of aliphatic hydroxyl groups is 1. The Morgan fingerprint density at radius 3 is 2.86 bits per heavy atom. The maximum absolute atomic E-state index is 11.2. The van der Waals surface area contributed by atoms with Crippen LogP contribution in [-0.4, -0.2) is 5.11 Å². The number of hydrogen-bond acceptors (Lipinski definition) is 2. The number of aryl methyl sites for hydroxylation is 1. The number of furan rings is 1. The maximum atomic E-state index is 11.2. The Morgan fingerprint density at radius 1 is 1.05 bits per heavy atom. The fraction of sp³-hybridized carbons (Fsp3) is 0.263. The van der Waals surface area contributed by atoms with Crippen molar-refractivity contribution < 1.29 is 9.52 Å². The van der Waals surface area contributed by atoms with E-state index in [0.717, 1.165) is 30.6 Å². The molecule has 2 nitrogen and oxygen atoms in total. The van der Waals surface area contributed by atoms with E-state index in [1.165, 1.54) is 16.3 Å². The van der Waals surface area contributed by atoms with Crippen molar-refractivity contribution in [3.05, 3.63) is 71.7 Å². The molecule has 0 bridgehead atoms. The number of rotatable bonds is 2. The van der Waals surface area contributed by atoms with Gasteiger partial charge in [-0.2, -0.15) is 0 Å². The topological polar surface area (TPSA) is 33.4 Å². The first kappa shape index (κ1) is 12.7. The Labute approximate surface area is 124 Å². The molecule has 2 aromatic carbocycles. The molecule has 1 N–H and O–H groups in total. The molecule has 1 aliphatic carbocycles. The van der Waals surface area contributed by atoms with E-state index in [2.05, 4.69) is 42.5 Å². The lowest BCUT2D eigenvalue weighted by Gasteiger charge is -2.32. The highest BCUT2D eigenvalue weighted by atomic mass is 16.3. The van der Waals surface area contributed by atoms with Crippen molar-refractivity contribution in [1.82, 2.24) is 0 Å². The number of benzene rings is 2. The lowest BCUT2D eigenvalue weighted by molar-refractivity contribution is 0.0172. The van der Waals surface area contributed by atoms with Gasteiger partial charge in [0, 0.05) is 18.4 Å². The molecule has 1 aliphatic rings. The third kappa shape index (κ3) is 2.07. The van der Waals surface area contributed by atoms with Crippen molar-refractivity contribution >= 4 is 10.8 Å². The van der Waals surface area contributed by atoms with Gasteiger partial charge < -0.3 is 9.52 Å². The smallest absolute Gasteiger partial charge is 0.109 e. The van der Waals surface area contributed by atoms with E-state index < -0.39 is 5.60 Å². The molecule has 0 fully saturated rings. The molecule has 4 rings (SSSR count). The van der Waals surface area contributed by atoms with E-state index >= 15 is 0 Å². The van der Waals surface area contributed by atoms with Gasteiger partial charge in [0.05, 0.1) is 11.9 Å². The molecular formula is C19H18O2. The van der Waals surface area contributed by atoms with Crippen LogP contribution >= 0.6 is 0 Å². The summed E-state index contributed by atoms with van der Waals surface area (Å²) in [6.45, 7) is 0. The molecule has 0 radical (unpaired) electrons. The van der Waals surface area contributed by atoms with Crippen molar-refractivity contribution in [3.63, 3.8) is 0 Å². The number of hydrogen-bond donors (Lipinski definition) is 1. The van der Waals surface area contributed by atoms with E-state index in [9.17, 15) is 5.11 Å². The van der Waals surface area contributed by atoms with Gasteiger partial charge in [-0.25, -0.2) is 0 Å². The van der Waals surface area contributed by atoms with Crippen LogP contribution in [0.15, 0.2) is 59.2 Å². The standard InChI is InChI=1S/C19H18O2/c20-19(11-4-9-18-17(19)10-12-21-18)13-15-7-3-6-14-5-1-2-8-16(14)15/h1-3,5-8,10,12,20H,4,9,11,13H2. The fourth-order valence-corrected chi connectivity index (χ4v) is 3.57. The Balaban J connectivity index is 1.79. The molecule has 3 aromatic rings. The zero-order valence-corrected chi connectivity index (χ0v) is 11.9. The van der Waals surface area contributed by atoms with Crippen LogP contribution in [0.2, 0.25) is 0 Å². The zero-order valence-electron chi connectivity index (χ0n) is 11.9. The summed E-state index contributed by atoms with van der Waals surface area (Å²) in [7, 11) is 0. The second-order valence-corrected chi connectivity index (χ2v) is 5.96. The minimum atomic E-state index is -0.801. The summed E-state index contributed by atoms with van der Waals surface area (Å²) in [6, 6.07) is 16.6. The zero-order chi connectivity index (χ0) is 14.3. The second-order valence-electron chi connectivity index (χ2n) is 5.96. The lowest BCUT2D eigenvalue weighted by atomic mass is 9.78. The molecular weight excluding hydrogens is 260 g/mol. The van der Waals surface area contributed by atoms with Gasteiger partial charge >= 0.3 is 0 Å². The Bertz CT molecular complexity index is 782. The predicted molar refractivity (Wildman–Crippen MR) is 83.2 cm³/mol. The summed E-state index contributed by atoms with van der Waals surface area (Å²) in [5.41, 5.74) is 1.37. The number of fused-ring (bicyclic) bond motifs is 2. The first-order valence-corrected chi connectivity index (χ1v) is 7.52.